The molecule has 10 heavy (non-hydrogen) atoms. The van der Waals surface area contributed by atoms with E-state index in [9.17, 15) is 0 Å². The van der Waals surface area contributed by atoms with Crippen molar-refractivity contribution in [2.45, 2.75) is 0 Å². The topological polar surface area (TPSA) is 171 Å². The van der Waals surface area contributed by atoms with Crippen molar-refractivity contribution >= 4 is 17.4 Å². The third kappa shape index (κ3) is 176. The Bertz CT molecular complexity index is 17.7. The van der Waals surface area contributed by atoms with Crippen molar-refractivity contribution in [2.24, 2.45) is 0 Å². The molecule has 0 rings (SSSR count). The van der Waals surface area contributed by atoms with Crippen LogP contribution in [0.3, 0.4) is 0 Å². The van der Waals surface area contributed by atoms with Crippen LogP contribution in [0.1, 0.15) is 0 Å². The molecule has 0 saturated carbocycles. The first kappa shape index (κ1) is 311. The van der Waals surface area contributed by atoms with E-state index in [1.54, 1.807) is 0 Å². The molecule has 0 aliphatic rings. The minimum Gasteiger partial charge on any atom is -2.00 e. The standard InChI is InChI=1S/Al.Cr.Cu.6O.Zr/q2*+3;+2;6*-2;+4. The Kier molecular flexibility index (Phi) is 7350. The number of hydrogen-bond acceptors (Lipinski definition) is 0. The Balaban J connectivity index is 0. The van der Waals surface area contributed by atoms with E-state index in [-0.39, 0.29) is 111 Å². The van der Waals surface area contributed by atoms with E-state index in [4.69, 9.17) is 0 Å². The van der Waals surface area contributed by atoms with E-state index >= 15 is 0 Å². The van der Waals surface area contributed by atoms with E-state index < -0.39 is 0 Å². The molecule has 0 aromatic carbocycles. The minimum atomic E-state index is 0. The van der Waals surface area contributed by atoms with Crippen molar-refractivity contribution in [3.8, 4) is 0 Å². The molecule has 6 nitrogen and oxygen atoms in total. The van der Waals surface area contributed by atoms with Gasteiger partial charge in [-0.3, -0.25) is 0 Å². The zero-order chi connectivity index (χ0) is 0. The molecule has 2 radical (unpaired) electrons. The first-order chi connectivity index (χ1) is 0. The maximum absolute atomic E-state index is 0. The summed E-state index contributed by atoms with van der Waals surface area (Å²) in [5.74, 6) is 0. The van der Waals surface area contributed by atoms with Gasteiger partial charge in [-0.15, -0.1) is 0 Å². The van der Waals surface area contributed by atoms with Crippen LogP contribution < -0.4 is 0 Å². The van der Waals surface area contributed by atoms with Crippen molar-refractivity contribution in [2.75, 3.05) is 0 Å². The van der Waals surface area contributed by atoms with Gasteiger partial charge in [0.1, 0.15) is 0 Å². The predicted octanol–water partition coefficient (Wildman–Crippen LogP) is -1.10. The Morgan fingerprint density at radius 2 is 0.500 bits per heavy atom. The van der Waals surface area contributed by atoms with E-state index in [2.05, 4.69) is 0 Å². The Hall–Kier alpha value is 2.23. The SMILES string of the molecule is [Al+3].[Cr+3].[Cu+2].[O-2].[O-2].[O-2].[O-2].[O-2].[O-2].[Zr+4]. The predicted molar refractivity (Wildman–Crippen MR) is 9.87 cm³/mol. The molecule has 0 heterocycles. The molecule has 0 N–H and O–H groups in total. The van der Waals surface area contributed by atoms with Crippen LogP contribution in [0, 0.1) is 0 Å². The molecule has 0 atom stereocenters. The van der Waals surface area contributed by atoms with Crippen LogP contribution in [0.2, 0.25) is 0 Å². The second kappa shape index (κ2) is 237. The fourth-order valence-electron chi connectivity index (χ4n) is 0. The summed E-state index contributed by atoms with van der Waals surface area (Å²) in [4.78, 5) is 0. The van der Waals surface area contributed by atoms with Gasteiger partial charge in [0, 0.05) is 0 Å². The Labute approximate surface area is 110 Å². The van der Waals surface area contributed by atoms with Crippen molar-refractivity contribution in [3.05, 3.63) is 0 Å². The molecule has 60 valence electrons. The summed E-state index contributed by atoms with van der Waals surface area (Å²) < 4.78 is 0. The van der Waals surface area contributed by atoms with Crippen LogP contribution in [-0.2, 0) is 93.5 Å². The summed E-state index contributed by atoms with van der Waals surface area (Å²) in [5.41, 5.74) is 0. The first-order valence-corrected chi connectivity index (χ1v) is 0. The van der Waals surface area contributed by atoms with Gasteiger partial charge in [0.15, 0.2) is 0 Å². The second-order valence-corrected chi connectivity index (χ2v) is 0. The molecular formula is AlCrCuO6Zr. The van der Waals surface area contributed by atoms with Crippen molar-refractivity contribution in [1.29, 1.82) is 0 Å². The molecule has 0 spiro atoms. The van der Waals surface area contributed by atoms with Crippen molar-refractivity contribution in [1.82, 2.24) is 0 Å². The molecule has 0 amide bonds. The fraction of sp³-hybridized carbons (Fsp3) is 0. The van der Waals surface area contributed by atoms with Gasteiger partial charge >= 0.3 is 78.0 Å². The number of rotatable bonds is 0. The monoisotopic (exact) mass is 328 g/mol. The molecule has 0 fully saturated rings. The summed E-state index contributed by atoms with van der Waals surface area (Å²) in [6.45, 7) is 0. The first-order valence-electron chi connectivity index (χ1n) is 0. The molecule has 10 heteroatoms. The van der Waals surface area contributed by atoms with Gasteiger partial charge in [0.25, 0.3) is 0 Å². The van der Waals surface area contributed by atoms with Crippen molar-refractivity contribution < 1.29 is 93.5 Å². The third-order valence-corrected chi connectivity index (χ3v) is 0. The van der Waals surface area contributed by atoms with Gasteiger partial charge in [-0.1, -0.05) is 0 Å². The van der Waals surface area contributed by atoms with Crippen LogP contribution in [0.5, 0.6) is 0 Å². The van der Waals surface area contributed by atoms with Crippen LogP contribution in [0.4, 0.5) is 0 Å². The van der Waals surface area contributed by atoms with Gasteiger partial charge in [-0.2, -0.15) is 0 Å². The maximum Gasteiger partial charge on any atom is 4.00 e. The normalized spacial score (nSPS) is 0. The van der Waals surface area contributed by atoms with Gasteiger partial charge in [0.2, 0.25) is 0 Å². The third-order valence-electron chi connectivity index (χ3n) is 0. The molecule has 0 unspecified atom stereocenters. The molecule has 0 aromatic rings. The zero-order valence-corrected chi connectivity index (χ0v) is 10.1. The summed E-state index contributed by atoms with van der Waals surface area (Å²) in [6.07, 6.45) is 0. The van der Waals surface area contributed by atoms with E-state index in [0.717, 1.165) is 0 Å². The quantitative estimate of drug-likeness (QED) is 0.491. The average Bonchev–Trinajstić information content (AvgIpc) is 0. The van der Waals surface area contributed by atoms with Gasteiger partial charge in [-0.05, 0) is 0 Å². The molecule has 0 aliphatic heterocycles. The van der Waals surface area contributed by atoms with Gasteiger partial charge in [0.05, 0.1) is 0 Å². The van der Waals surface area contributed by atoms with Crippen molar-refractivity contribution in [3.63, 3.8) is 0 Å². The van der Waals surface area contributed by atoms with Crippen LogP contribution in [-0.4, -0.2) is 17.4 Å². The molecule has 0 bridgehead atoms. The van der Waals surface area contributed by atoms with E-state index in [0.29, 0.717) is 0 Å². The van der Waals surface area contributed by atoms with Crippen LogP contribution >= 0.6 is 0 Å². The van der Waals surface area contributed by atoms with E-state index in [1.165, 1.54) is 0 Å². The van der Waals surface area contributed by atoms with E-state index in [1.807, 2.05) is 0 Å². The summed E-state index contributed by atoms with van der Waals surface area (Å²) >= 11 is 0. The molecule has 0 aromatic heterocycles. The summed E-state index contributed by atoms with van der Waals surface area (Å²) in [7, 11) is 0. The summed E-state index contributed by atoms with van der Waals surface area (Å²) in [5, 5.41) is 0. The average molecular weight is 330 g/mol. The smallest absolute Gasteiger partial charge is 2.00 e. The largest absolute Gasteiger partial charge is 4.00 e. The number of hydrogen-bond donors (Lipinski definition) is 0. The Morgan fingerprint density at radius 1 is 0.500 bits per heavy atom. The van der Waals surface area contributed by atoms with Gasteiger partial charge < -0.3 is 32.9 Å². The molecular weight excluding hydrogens is 330 g/mol. The van der Waals surface area contributed by atoms with Gasteiger partial charge in [-0.25, -0.2) is 0 Å². The maximum atomic E-state index is 0. The van der Waals surface area contributed by atoms with Crippen LogP contribution in [0.25, 0.3) is 0 Å². The second-order valence-electron chi connectivity index (χ2n) is 0. The fourth-order valence-corrected chi connectivity index (χ4v) is 0. The Morgan fingerprint density at radius 3 is 0.500 bits per heavy atom. The molecule has 0 saturated heterocycles. The zero-order valence-electron chi connectivity index (χ0n) is 4.24. The van der Waals surface area contributed by atoms with Crippen LogP contribution in [0.15, 0.2) is 0 Å². The summed E-state index contributed by atoms with van der Waals surface area (Å²) in [6, 6.07) is 0. The molecule has 0 aliphatic carbocycles. The minimum absolute atomic E-state index is 0.